The lowest BCUT2D eigenvalue weighted by Crippen LogP contribution is -2.44. The Labute approximate surface area is 184 Å². The predicted molar refractivity (Wildman–Crippen MR) is 106 cm³/mol. The van der Waals surface area contributed by atoms with Gasteiger partial charge in [0, 0.05) is 17.3 Å². The van der Waals surface area contributed by atoms with Crippen LogP contribution in [0.25, 0.3) is 22.6 Å². The average Bonchev–Trinajstić information content (AvgIpc) is 3.41. The molecular weight excluding hydrogens is 448 g/mol. The molecule has 2 aromatic heterocycles. The number of aliphatic hydroxyl groups is 1. The van der Waals surface area contributed by atoms with Crippen molar-refractivity contribution in [2.75, 3.05) is 11.4 Å². The zero-order valence-corrected chi connectivity index (χ0v) is 17.2. The number of cyclic esters (lactones) is 1. The highest BCUT2D eigenvalue weighted by molar-refractivity contribution is 5.90. The zero-order chi connectivity index (χ0) is 23.8. The minimum Gasteiger partial charge on any atom is -0.437 e. The molecule has 1 fully saturated rings. The van der Waals surface area contributed by atoms with Crippen molar-refractivity contribution in [2.24, 2.45) is 0 Å². The number of hydrogen-bond donors (Lipinski definition) is 1. The Balaban J connectivity index is 1.52. The number of anilines is 1. The highest BCUT2D eigenvalue weighted by atomic mass is 19.3. The molecule has 9 nitrogen and oxygen atoms in total. The van der Waals surface area contributed by atoms with Gasteiger partial charge in [-0.3, -0.25) is 9.88 Å². The summed E-state index contributed by atoms with van der Waals surface area (Å²) in [7, 11) is 0. The van der Waals surface area contributed by atoms with E-state index in [1.807, 2.05) is 6.92 Å². The molecule has 33 heavy (non-hydrogen) atoms. The molecule has 3 aromatic rings. The van der Waals surface area contributed by atoms with Gasteiger partial charge in [0.15, 0.2) is 6.10 Å². The molecule has 1 amide bonds. The standard InChI is InChI=1S/C20H18F4N6O3/c1-2-7-30-27-17(26-28-30)15-6-3-11(9-25-15)13-5-4-12(8-14(13)21)29-10-16(33-19(29)32)20(23,24)18(22)31/h3-6,8-9,16,18,31H,2,7,10H2,1H3/t16-,18+/m0/s1. The van der Waals surface area contributed by atoms with Crippen LogP contribution in [-0.4, -0.2) is 61.3 Å². The third kappa shape index (κ3) is 4.35. The first-order valence-electron chi connectivity index (χ1n) is 9.93. The number of aliphatic hydroxyl groups excluding tert-OH is 1. The summed E-state index contributed by atoms with van der Waals surface area (Å²) in [6.07, 6.45) is -4.67. The van der Waals surface area contributed by atoms with Crippen LogP contribution in [0.5, 0.6) is 0 Å². The molecule has 4 rings (SSSR count). The van der Waals surface area contributed by atoms with Crippen LogP contribution < -0.4 is 4.90 Å². The largest absolute Gasteiger partial charge is 0.437 e. The van der Waals surface area contributed by atoms with Crippen LogP contribution in [0.4, 0.5) is 28.0 Å². The summed E-state index contributed by atoms with van der Waals surface area (Å²) < 4.78 is 59.3. The third-order valence-corrected chi connectivity index (χ3v) is 5.00. The second-order valence-electron chi connectivity index (χ2n) is 7.30. The molecule has 1 aliphatic rings. The second-order valence-corrected chi connectivity index (χ2v) is 7.30. The Bertz CT molecular complexity index is 1150. The minimum absolute atomic E-state index is 0.0609. The Morgan fingerprint density at radius 2 is 2.09 bits per heavy atom. The van der Waals surface area contributed by atoms with E-state index in [1.165, 1.54) is 23.1 Å². The maximum absolute atomic E-state index is 14.8. The lowest BCUT2D eigenvalue weighted by atomic mass is 10.1. The van der Waals surface area contributed by atoms with E-state index in [0.717, 1.165) is 17.4 Å². The van der Waals surface area contributed by atoms with Crippen molar-refractivity contribution in [1.82, 2.24) is 25.2 Å². The van der Waals surface area contributed by atoms with Gasteiger partial charge in [-0.1, -0.05) is 13.0 Å². The zero-order valence-electron chi connectivity index (χ0n) is 17.2. The lowest BCUT2D eigenvalue weighted by molar-refractivity contribution is -0.209. The number of halogens is 4. The van der Waals surface area contributed by atoms with Gasteiger partial charge < -0.3 is 9.84 Å². The maximum atomic E-state index is 14.8. The monoisotopic (exact) mass is 466 g/mol. The molecule has 0 spiro atoms. The molecule has 0 radical (unpaired) electrons. The molecule has 0 aliphatic carbocycles. The Kier molecular flexibility index (Phi) is 5.97. The summed E-state index contributed by atoms with van der Waals surface area (Å²) in [4.78, 5) is 18.4. The quantitative estimate of drug-likeness (QED) is 0.533. The summed E-state index contributed by atoms with van der Waals surface area (Å²) in [5.41, 5.74) is 0.945. The van der Waals surface area contributed by atoms with Crippen molar-refractivity contribution in [1.29, 1.82) is 0 Å². The van der Waals surface area contributed by atoms with Crippen molar-refractivity contribution < 1.29 is 32.2 Å². The van der Waals surface area contributed by atoms with Crippen LogP contribution in [0.15, 0.2) is 36.5 Å². The second kappa shape index (κ2) is 8.73. The van der Waals surface area contributed by atoms with Crippen LogP contribution in [0.3, 0.4) is 0 Å². The Morgan fingerprint density at radius 1 is 1.30 bits per heavy atom. The maximum Gasteiger partial charge on any atom is 0.414 e. The number of alkyl halides is 3. The van der Waals surface area contributed by atoms with Crippen LogP contribution in [-0.2, 0) is 11.3 Å². The molecule has 13 heteroatoms. The van der Waals surface area contributed by atoms with E-state index in [0.29, 0.717) is 23.6 Å². The van der Waals surface area contributed by atoms with Gasteiger partial charge >= 0.3 is 12.0 Å². The Hall–Kier alpha value is -3.61. The van der Waals surface area contributed by atoms with Gasteiger partial charge in [-0.15, -0.1) is 10.2 Å². The first-order valence-corrected chi connectivity index (χ1v) is 9.93. The fourth-order valence-corrected chi connectivity index (χ4v) is 3.26. The first-order chi connectivity index (χ1) is 15.7. The number of pyridine rings is 1. The molecule has 0 bridgehead atoms. The fourth-order valence-electron chi connectivity index (χ4n) is 3.26. The number of tetrazole rings is 1. The lowest BCUT2D eigenvalue weighted by Gasteiger charge is -2.21. The van der Waals surface area contributed by atoms with Crippen LogP contribution in [0.2, 0.25) is 0 Å². The molecule has 1 aliphatic heterocycles. The molecule has 1 aromatic carbocycles. The van der Waals surface area contributed by atoms with Crippen molar-refractivity contribution in [3.8, 4) is 22.6 Å². The van der Waals surface area contributed by atoms with Gasteiger partial charge in [-0.05, 0) is 35.9 Å². The minimum atomic E-state index is -4.30. The molecule has 174 valence electrons. The molecule has 0 unspecified atom stereocenters. The van der Waals surface area contributed by atoms with E-state index in [4.69, 9.17) is 5.11 Å². The molecule has 0 saturated carbocycles. The highest BCUT2D eigenvalue weighted by Gasteiger charge is 2.54. The van der Waals surface area contributed by atoms with Crippen LogP contribution in [0.1, 0.15) is 13.3 Å². The van der Waals surface area contributed by atoms with Gasteiger partial charge in [-0.25, -0.2) is 13.6 Å². The number of carbonyl (C=O) groups is 1. The van der Waals surface area contributed by atoms with E-state index in [2.05, 4.69) is 25.1 Å². The predicted octanol–water partition coefficient (Wildman–Crippen LogP) is 3.20. The van der Waals surface area contributed by atoms with E-state index in [-0.39, 0.29) is 11.3 Å². The molecule has 1 N–H and O–H groups in total. The van der Waals surface area contributed by atoms with Crippen LogP contribution >= 0.6 is 0 Å². The first kappa shape index (κ1) is 22.6. The topological polar surface area (TPSA) is 106 Å². The fraction of sp³-hybridized carbons (Fsp3) is 0.350. The van der Waals surface area contributed by atoms with E-state index in [1.54, 1.807) is 12.1 Å². The summed E-state index contributed by atoms with van der Waals surface area (Å²) in [6.45, 7) is 1.83. The van der Waals surface area contributed by atoms with Crippen LogP contribution in [0, 0.1) is 5.82 Å². The smallest absolute Gasteiger partial charge is 0.414 e. The number of ether oxygens (including phenoxy) is 1. The summed E-state index contributed by atoms with van der Waals surface area (Å²) >= 11 is 0. The van der Waals surface area contributed by atoms with E-state index >= 15 is 0 Å². The number of aryl methyl sites for hydroxylation is 1. The SMILES string of the molecule is CCCn1nnc(-c2ccc(-c3ccc(N4C[C@@H](C(F)(F)[C@@H](O)F)OC4=O)cc3F)cn2)n1. The summed E-state index contributed by atoms with van der Waals surface area (Å²) in [6, 6.07) is 6.85. The average molecular weight is 466 g/mol. The third-order valence-electron chi connectivity index (χ3n) is 5.00. The number of aromatic nitrogens is 5. The van der Waals surface area contributed by atoms with E-state index < -0.39 is 36.8 Å². The van der Waals surface area contributed by atoms with Gasteiger partial charge in [0.25, 0.3) is 6.36 Å². The van der Waals surface area contributed by atoms with E-state index in [9.17, 15) is 22.4 Å². The molecular formula is C20H18F4N6O3. The number of benzene rings is 1. The van der Waals surface area contributed by atoms with Gasteiger partial charge in [0.2, 0.25) is 5.82 Å². The number of nitrogens with zero attached hydrogens (tertiary/aromatic N) is 6. The Morgan fingerprint density at radius 3 is 2.73 bits per heavy atom. The van der Waals surface area contributed by atoms with Crippen molar-refractivity contribution in [2.45, 2.75) is 38.3 Å². The summed E-state index contributed by atoms with van der Waals surface area (Å²) in [5, 5.41) is 20.6. The normalized spacial score (nSPS) is 17.3. The summed E-state index contributed by atoms with van der Waals surface area (Å²) in [5.74, 6) is -4.72. The molecule has 1 saturated heterocycles. The van der Waals surface area contributed by atoms with Crippen molar-refractivity contribution >= 4 is 11.8 Å². The van der Waals surface area contributed by atoms with Gasteiger partial charge in [-0.2, -0.15) is 13.6 Å². The number of amides is 1. The van der Waals surface area contributed by atoms with Gasteiger partial charge in [0.1, 0.15) is 11.5 Å². The van der Waals surface area contributed by atoms with Crippen molar-refractivity contribution in [3.63, 3.8) is 0 Å². The molecule has 2 atom stereocenters. The highest BCUT2D eigenvalue weighted by Crippen LogP contribution is 2.34. The molecule has 3 heterocycles. The number of rotatable bonds is 7. The number of hydrogen-bond acceptors (Lipinski definition) is 7. The number of carbonyl (C=O) groups excluding carboxylic acids is 1. The van der Waals surface area contributed by atoms with Gasteiger partial charge in [0.05, 0.1) is 18.8 Å². The van der Waals surface area contributed by atoms with Crippen molar-refractivity contribution in [3.05, 3.63) is 42.3 Å².